The number of unbranched alkanes of at least 4 members (excludes halogenated alkanes) is 4. The zero-order chi connectivity index (χ0) is 21.9. The summed E-state index contributed by atoms with van der Waals surface area (Å²) < 4.78 is 8.48. The fourth-order valence-corrected chi connectivity index (χ4v) is 3.19. The Morgan fingerprint density at radius 1 is 1.07 bits per heavy atom. The van der Waals surface area contributed by atoms with Gasteiger partial charge in [0.1, 0.15) is 0 Å². The first-order valence-corrected chi connectivity index (χ1v) is 10.5. The largest absolute Gasteiger partial charge is 0.469 e. The van der Waals surface area contributed by atoms with Crippen molar-refractivity contribution in [1.29, 1.82) is 0 Å². The number of aliphatic hydroxyl groups is 1. The molecule has 0 saturated heterocycles. The van der Waals surface area contributed by atoms with E-state index in [1.165, 1.54) is 23.5 Å². The molecule has 1 heterocycles. The van der Waals surface area contributed by atoms with E-state index in [1.807, 2.05) is 12.2 Å². The van der Waals surface area contributed by atoms with Crippen LogP contribution in [0.15, 0.2) is 21.7 Å². The van der Waals surface area contributed by atoms with Crippen molar-refractivity contribution in [2.45, 2.75) is 90.3 Å². The number of carbonyl (C=O) groups is 1. The van der Waals surface area contributed by atoms with Crippen molar-refractivity contribution in [2.24, 2.45) is 7.05 Å². The molecule has 0 saturated carbocycles. The van der Waals surface area contributed by atoms with Crippen LogP contribution < -0.4 is 11.4 Å². The van der Waals surface area contributed by atoms with Crippen LogP contribution in [0.3, 0.4) is 0 Å². The van der Waals surface area contributed by atoms with E-state index in [1.54, 1.807) is 6.92 Å². The van der Waals surface area contributed by atoms with Gasteiger partial charge in [0.15, 0.2) is 0 Å². The third kappa shape index (κ3) is 8.43. The molecular weight excluding hydrogens is 374 g/mol. The quantitative estimate of drug-likeness (QED) is 0.288. The number of allylic oxidation sites excluding steroid dienone is 2. The van der Waals surface area contributed by atoms with E-state index < -0.39 is 5.60 Å². The number of rotatable bonds is 14. The second-order valence-corrected chi connectivity index (χ2v) is 7.83. The molecular formula is C21H37N3O5. The van der Waals surface area contributed by atoms with E-state index in [9.17, 15) is 19.5 Å². The molecule has 8 nitrogen and oxygen atoms in total. The van der Waals surface area contributed by atoms with E-state index in [4.69, 9.17) is 0 Å². The van der Waals surface area contributed by atoms with Crippen molar-refractivity contribution >= 4 is 5.97 Å². The minimum Gasteiger partial charge on any atom is -0.469 e. The van der Waals surface area contributed by atoms with Gasteiger partial charge in [-0.1, -0.05) is 44.8 Å². The molecule has 1 aromatic rings. The minimum atomic E-state index is -0.867. The van der Waals surface area contributed by atoms with E-state index in [2.05, 4.69) is 11.7 Å². The number of carbonyl (C=O) groups excluding carboxylic acids is 1. The second-order valence-electron chi connectivity index (χ2n) is 7.83. The van der Waals surface area contributed by atoms with Gasteiger partial charge in [-0.05, 0) is 32.6 Å². The molecule has 0 radical (unpaired) electrons. The summed E-state index contributed by atoms with van der Waals surface area (Å²) in [5, 5.41) is 10.6. The Hall–Kier alpha value is -2.09. The molecule has 0 bridgehead atoms. The Labute approximate surface area is 172 Å². The summed E-state index contributed by atoms with van der Waals surface area (Å²) in [6.45, 7) is 4.49. The summed E-state index contributed by atoms with van der Waals surface area (Å²) in [6, 6.07) is 0. The van der Waals surface area contributed by atoms with Crippen molar-refractivity contribution < 1.29 is 14.6 Å². The van der Waals surface area contributed by atoms with E-state index in [0.717, 1.165) is 30.3 Å². The maximum Gasteiger partial charge on any atom is 0.347 e. The Bertz CT molecular complexity index is 770. The molecule has 8 heteroatoms. The molecule has 166 valence electrons. The highest BCUT2D eigenvalue weighted by Crippen LogP contribution is 2.19. The van der Waals surface area contributed by atoms with Gasteiger partial charge < -0.3 is 9.84 Å². The van der Waals surface area contributed by atoms with Gasteiger partial charge in [-0.25, -0.2) is 23.5 Å². The van der Waals surface area contributed by atoms with Gasteiger partial charge in [-0.3, -0.25) is 4.79 Å². The number of hydrogen-bond acceptors (Lipinski definition) is 5. The minimum absolute atomic E-state index is 0.242. The van der Waals surface area contributed by atoms with Gasteiger partial charge in [0.2, 0.25) is 0 Å². The molecule has 29 heavy (non-hydrogen) atoms. The molecule has 1 rings (SSSR count). The fraction of sp³-hybridized carbons (Fsp3) is 0.762. The van der Waals surface area contributed by atoms with Crippen molar-refractivity contribution in [3.63, 3.8) is 0 Å². The molecule has 1 atom stereocenters. The predicted octanol–water partition coefficient (Wildman–Crippen LogP) is 2.36. The second kappa shape index (κ2) is 12.5. The third-order valence-corrected chi connectivity index (χ3v) is 5.16. The molecule has 1 unspecified atom stereocenters. The van der Waals surface area contributed by atoms with Crippen LogP contribution in [0.25, 0.3) is 0 Å². The number of nitrogens with zero attached hydrogens (tertiary/aromatic N) is 3. The maximum absolute atomic E-state index is 12.4. The summed E-state index contributed by atoms with van der Waals surface area (Å²) in [5.41, 5.74) is -1.62. The lowest BCUT2D eigenvalue weighted by Gasteiger charge is -2.23. The van der Waals surface area contributed by atoms with E-state index in [0.29, 0.717) is 32.1 Å². The molecule has 0 aromatic carbocycles. The topological polar surface area (TPSA) is 95.5 Å². The summed E-state index contributed by atoms with van der Waals surface area (Å²) >= 11 is 0. The highest BCUT2D eigenvalue weighted by Gasteiger charge is 2.22. The smallest absolute Gasteiger partial charge is 0.347 e. The van der Waals surface area contributed by atoms with Gasteiger partial charge in [0.25, 0.3) is 0 Å². The van der Waals surface area contributed by atoms with Crippen molar-refractivity contribution in [3.05, 3.63) is 33.1 Å². The first-order valence-electron chi connectivity index (χ1n) is 10.5. The molecule has 0 amide bonds. The Balaban J connectivity index is 2.69. The first kappa shape index (κ1) is 24.9. The Morgan fingerprint density at radius 3 is 2.41 bits per heavy atom. The molecule has 0 aliphatic carbocycles. The average molecular weight is 412 g/mol. The van der Waals surface area contributed by atoms with Crippen LogP contribution in [0, 0.1) is 0 Å². The van der Waals surface area contributed by atoms with E-state index >= 15 is 0 Å². The number of aromatic nitrogens is 3. The van der Waals surface area contributed by atoms with Crippen molar-refractivity contribution in [1.82, 2.24) is 13.9 Å². The Kier molecular flexibility index (Phi) is 10.7. The monoisotopic (exact) mass is 411 g/mol. The van der Waals surface area contributed by atoms with Gasteiger partial charge in [0, 0.05) is 20.0 Å². The zero-order valence-corrected chi connectivity index (χ0v) is 18.4. The van der Waals surface area contributed by atoms with E-state index in [-0.39, 0.29) is 30.4 Å². The number of methoxy groups -OCH3 is 1. The molecule has 0 spiro atoms. The maximum atomic E-state index is 12.4. The standard InChI is InChI=1S/C21H37N3O5/c1-5-6-7-11-14-21(2,28)15-17-24-20(27)22(3)19(26)23(24)16-12-9-8-10-13-18(25)29-4/h9,12,28H,5-8,10-11,13-17H2,1-4H3. The fourth-order valence-electron chi connectivity index (χ4n) is 3.19. The zero-order valence-electron chi connectivity index (χ0n) is 18.4. The van der Waals surface area contributed by atoms with Crippen LogP contribution >= 0.6 is 0 Å². The van der Waals surface area contributed by atoms with Crippen LogP contribution in [0.4, 0.5) is 0 Å². The number of ether oxygens (including phenoxy) is 1. The van der Waals surface area contributed by atoms with Gasteiger partial charge in [-0.2, -0.15) is 0 Å². The molecule has 0 aliphatic heterocycles. The Morgan fingerprint density at radius 2 is 1.76 bits per heavy atom. The molecule has 0 aliphatic rings. The van der Waals surface area contributed by atoms with Crippen LogP contribution in [-0.2, 0) is 29.7 Å². The summed E-state index contributed by atoms with van der Waals surface area (Å²) in [4.78, 5) is 35.9. The normalized spacial score (nSPS) is 13.7. The number of hydrogen-bond donors (Lipinski definition) is 1. The molecule has 1 N–H and O–H groups in total. The van der Waals surface area contributed by atoms with Gasteiger partial charge in [0.05, 0.1) is 19.3 Å². The highest BCUT2D eigenvalue weighted by molar-refractivity contribution is 5.69. The molecule has 0 fully saturated rings. The lowest BCUT2D eigenvalue weighted by Crippen LogP contribution is -2.32. The number of esters is 1. The summed E-state index contributed by atoms with van der Waals surface area (Å²) in [5.74, 6) is -0.242. The SMILES string of the molecule is CCCCCCC(C)(O)CCn1c(=O)n(C)c(=O)n1CC=CCCCC(=O)OC. The summed E-state index contributed by atoms with van der Waals surface area (Å²) in [6.07, 6.45) is 10.8. The van der Waals surface area contributed by atoms with Crippen LogP contribution in [0.5, 0.6) is 0 Å². The first-order chi connectivity index (χ1) is 13.7. The average Bonchev–Trinajstić information content (AvgIpc) is 2.89. The molecule has 1 aromatic heterocycles. The van der Waals surface area contributed by atoms with Crippen LogP contribution in [0.1, 0.15) is 71.6 Å². The highest BCUT2D eigenvalue weighted by atomic mass is 16.5. The summed E-state index contributed by atoms with van der Waals surface area (Å²) in [7, 11) is 2.82. The third-order valence-electron chi connectivity index (χ3n) is 5.16. The van der Waals surface area contributed by atoms with Gasteiger partial charge in [-0.15, -0.1) is 0 Å². The lowest BCUT2D eigenvalue weighted by atomic mass is 9.94. The van der Waals surface area contributed by atoms with Crippen LogP contribution in [-0.4, -0.2) is 37.7 Å². The lowest BCUT2D eigenvalue weighted by molar-refractivity contribution is -0.140. The van der Waals surface area contributed by atoms with Crippen LogP contribution in [0.2, 0.25) is 0 Å². The van der Waals surface area contributed by atoms with Crippen molar-refractivity contribution in [2.75, 3.05) is 7.11 Å². The van der Waals surface area contributed by atoms with Crippen molar-refractivity contribution in [3.8, 4) is 0 Å². The predicted molar refractivity (Wildman–Crippen MR) is 113 cm³/mol. The van der Waals surface area contributed by atoms with Gasteiger partial charge >= 0.3 is 17.3 Å².